The molecular weight excluding hydrogens is 246 g/mol. The lowest BCUT2D eigenvalue weighted by molar-refractivity contribution is -0.139. The minimum Gasteiger partial charge on any atom is -0.480 e. The third-order valence-electron chi connectivity index (χ3n) is 2.48. The van der Waals surface area contributed by atoms with Crippen molar-refractivity contribution in [2.75, 3.05) is 5.32 Å². The Kier molecular flexibility index (Phi) is 5.29. The summed E-state index contributed by atoms with van der Waals surface area (Å²) in [6.45, 7) is 5.64. The average Bonchev–Trinajstić information content (AvgIpc) is 2.30. The first-order chi connectivity index (χ1) is 8.88. The molecule has 0 aliphatic heterocycles. The van der Waals surface area contributed by atoms with Crippen LogP contribution in [-0.4, -0.2) is 28.1 Å². The zero-order chi connectivity index (χ0) is 14.4. The monoisotopic (exact) mass is 265 g/mol. The van der Waals surface area contributed by atoms with Crippen molar-refractivity contribution in [3.8, 4) is 0 Å². The van der Waals surface area contributed by atoms with Gasteiger partial charge in [0.2, 0.25) is 0 Å². The third kappa shape index (κ3) is 5.37. The summed E-state index contributed by atoms with van der Waals surface area (Å²) in [5.41, 5.74) is 1.37. The predicted molar refractivity (Wildman–Crippen MR) is 72.0 cm³/mol. The van der Waals surface area contributed by atoms with E-state index in [1.54, 1.807) is 12.1 Å². The highest BCUT2D eigenvalue weighted by Crippen LogP contribution is 2.07. The van der Waals surface area contributed by atoms with E-state index in [1.165, 1.54) is 6.20 Å². The van der Waals surface area contributed by atoms with Gasteiger partial charge in [-0.1, -0.05) is 13.8 Å². The summed E-state index contributed by atoms with van der Waals surface area (Å²) >= 11 is 0. The number of amides is 2. The molecule has 0 saturated heterocycles. The number of hydrogen-bond donors (Lipinski definition) is 3. The van der Waals surface area contributed by atoms with E-state index >= 15 is 0 Å². The zero-order valence-electron chi connectivity index (χ0n) is 11.3. The number of aromatic nitrogens is 1. The van der Waals surface area contributed by atoms with E-state index in [2.05, 4.69) is 15.6 Å². The molecule has 1 heterocycles. The number of aliphatic carboxylic acids is 1. The lowest BCUT2D eigenvalue weighted by atomic mass is 10.0. The van der Waals surface area contributed by atoms with Gasteiger partial charge in [0.25, 0.3) is 0 Å². The number of nitrogens with zero attached hydrogens (tertiary/aromatic N) is 1. The first-order valence-corrected chi connectivity index (χ1v) is 6.11. The second-order valence-corrected chi connectivity index (χ2v) is 4.81. The molecule has 0 unspecified atom stereocenters. The number of aryl methyl sites for hydroxylation is 1. The van der Waals surface area contributed by atoms with E-state index in [9.17, 15) is 9.59 Å². The number of anilines is 1. The molecule has 0 aromatic carbocycles. The molecule has 1 atom stereocenters. The molecule has 3 N–H and O–H groups in total. The minimum absolute atomic E-state index is 0.183. The van der Waals surface area contributed by atoms with Gasteiger partial charge in [-0.25, -0.2) is 9.59 Å². The van der Waals surface area contributed by atoms with Gasteiger partial charge in [-0.3, -0.25) is 4.98 Å². The number of urea groups is 1. The van der Waals surface area contributed by atoms with E-state index in [0.29, 0.717) is 12.1 Å². The maximum absolute atomic E-state index is 11.7. The van der Waals surface area contributed by atoms with Crippen LogP contribution in [0.15, 0.2) is 18.3 Å². The maximum Gasteiger partial charge on any atom is 0.326 e. The lowest BCUT2D eigenvalue weighted by Gasteiger charge is -2.16. The molecule has 0 radical (unpaired) electrons. The maximum atomic E-state index is 11.7. The van der Waals surface area contributed by atoms with Gasteiger partial charge in [-0.2, -0.15) is 0 Å². The first-order valence-electron chi connectivity index (χ1n) is 6.11. The Morgan fingerprint density at radius 1 is 1.37 bits per heavy atom. The van der Waals surface area contributed by atoms with Crippen molar-refractivity contribution < 1.29 is 14.7 Å². The van der Waals surface area contributed by atoms with Crippen LogP contribution in [-0.2, 0) is 4.79 Å². The molecule has 1 aromatic heterocycles. The van der Waals surface area contributed by atoms with Gasteiger partial charge in [0.15, 0.2) is 0 Å². The van der Waals surface area contributed by atoms with E-state index in [1.807, 2.05) is 20.8 Å². The average molecular weight is 265 g/mol. The number of carbonyl (C=O) groups is 2. The first kappa shape index (κ1) is 14.9. The molecule has 0 aliphatic rings. The summed E-state index contributed by atoms with van der Waals surface area (Å²) in [6, 6.07) is 2.04. The van der Waals surface area contributed by atoms with E-state index in [4.69, 9.17) is 5.11 Å². The number of carbonyl (C=O) groups excluding carboxylic acids is 1. The Morgan fingerprint density at radius 2 is 2.05 bits per heavy atom. The van der Waals surface area contributed by atoms with Crippen molar-refractivity contribution in [3.63, 3.8) is 0 Å². The van der Waals surface area contributed by atoms with Crippen LogP contribution in [0, 0.1) is 12.8 Å². The molecular formula is C13H19N3O3. The fourth-order valence-corrected chi connectivity index (χ4v) is 1.56. The fraction of sp³-hybridized carbons (Fsp3) is 0.462. The topological polar surface area (TPSA) is 91.3 Å². The van der Waals surface area contributed by atoms with Crippen LogP contribution >= 0.6 is 0 Å². The van der Waals surface area contributed by atoms with Crippen LogP contribution in [0.5, 0.6) is 0 Å². The van der Waals surface area contributed by atoms with Gasteiger partial charge in [-0.05, 0) is 31.4 Å². The van der Waals surface area contributed by atoms with Crippen molar-refractivity contribution in [1.29, 1.82) is 0 Å². The normalized spacial score (nSPS) is 12.0. The van der Waals surface area contributed by atoms with Gasteiger partial charge in [-0.15, -0.1) is 0 Å². The molecule has 6 nitrogen and oxygen atoms in total. The van der Waals surface area contributed by atoms with Crippen LogP contribution in [0.1, 0.15) is 26.0 Å². The summed E-state index contributed by atoms with van der Waals surface area (Å²) in [4.78, 5) is 26.7. The van der Waals surface area contributed by atoms with E-state index in [-0.39, 0.29) is 5.92 Å². The van der Waals surface area contributed by atoms with Crippen LogP contribution in [0.2, 0.25) is 0 Å². The van der Waals surface area contributed by atoms with Crippen molar-refractivity contribution in [2.24, 2.45) is 5.92 Å². The molecule has 0 saturated carbocycles. The Balaban J connectivity index is 2.57. The summed E-state index contributed by atoms with van der Waals surface area (Å²) in [5.74, 6) is -0.853. The minimum atomic E-state index is -1.04. The number of pyridine rings is 1. The molecule has 1 rings (SSSR count). The molecule has 1 aromatic rings. The van der Waals surface area contributed by atoms with Crippen molar-refractivity contribution >= 4 is 17.7 Å². The highest BCUT2D eigenvalue weighted by atomic mass is 16.4. The Morgan fingerprint density at radius 3 is 2.53 bits per heavy atom. The quantitative estimate of drug-likeness (QED) is 0.759. The van der Waals surface area contributed by atoms with Gasteiger partial charge in [0, 0.05) is 5.69 Å². The standard InChI is InChI=1S/C13H19N3O3/c1-8(2)6-11(12(17)18)16-13(19)15-10-5-4-9(3)14-7-10/h4-5,7-8,11H,6H2,1-3H3,(H,17,18)(H2,15,16,19)/t11-/m0/s1. The molecule has 6 heteroatoms. The predicted octanol–water partition coefficient (Wildman–Crippen LogP) is 2.01. The van der Waals surface area contributed by atoms with E-state index < -0.39 is 18.0 Å². The number of rotatable bonds is 5. The van der Waals surface area contributed by atoms with Crippen molar-refractivity contribution in [3.05, 3.63) is 24.0 Å². The highest BCUT2D eigenvalue weighted by Gasteiger charge is 2.20. The zero-order valence-corrected chi connectivity index (χ0v) is 11.3. The largest absolute Gasteiger partial charge is 0.480 e. The molecule has 0 fully saturated rings. The van der Waals surface area contributed by atoms with Gasteiger partial charge < -0.3 is 15.7 Å². The molecule has 19 heavy (non-hydrogen) atoms. The van der Waals surface area contributed by atoms with E-state index in [0.717, 1.165) is 5.69 Å². The van der Waals surface area contributed by atoms with Gasteiger partial charge in [0.05, 0.1) is 11.9 Å². The SMILES string of the molecule is Cc1ccc(NC(=O)N[C@@H](CC(C)C)C(=O)O)cn1. The Labute approximate surface area is 112 Å². The smallest absolute Gasteiger partial charge is 0.326 e. The number of nitrogens with one attached hydrogen (secondary N) is 2. The van der Waals surface area contributed by atoms with Crippen LogP contribution in [0.25, 0.3) is 0 Å². The van der Waals surface area contributed by atoms with Crippen LogP contribution in [0.4, 0.5) is 10.5 Å². The molecule has 0 bridgehead atoms. The highest BCUT2D eigenvalue weighted by molar-refractivity contribution is 5.92. The van der Waals surface area contributed by atoms with Crippen LogP contribution < -0.4 is 10.6 Å². The number of carboxylic acid groups (broad SMARTS) is 1. The number of hydrogen-bond acceptors (Lipinski definition) is 3. The van der Waals surface area contributed by atoms with Crippen LogP contribution in [0.3, 0.4) is 0 Å². The fourth-order valence-electron chi connectivity index (χ4n) is 1.56. The number of carboxylic acids is 1. The Hall–Kier alpha value is -2.11. The summed E-state index contributed by atoms with van der Waals surface area (Å²) in [7, 11) is 0. The summed E-state index contributed by atoms with van der Waals surface area (Å²) in [5, 5.41) is 14.0. The lowest BCUT2D eigenvalue weighted by Crippen LogP contribution is -2.43. The molecule has 0 aliphatic carbocycles. The van der Waals surface area contributed by atoms with Crippen molar-refractivity contribution in [2.45, 2.75) is 33.2 Å². The second kappa shape index (κ2) is 6.72. The van der Waals surface area contributed by atoms with Gasteiger partial charge in [0.1, 0.15) is 6.04 Å². The second-order valence-electron chi connectivity index (χ2n) is 4.81. The Bertz CT molecular complexity index is 443. The van der Waals surface area contributed by atoms with Crippen molar-refractivity contribution in [1.82, 2.24) is 10.3 Å². The third-order valence-corrected chi connectivity index (χ3v) is 2.48. The molecule has 2 amide bonds. The summed E-state index contributed by atoms with van der Waals surface area (Å²) in [6.07, 6.45) is 1.90. The summed E-state index contributed by atoms with van der Waals surface area (Å²) < 4.78 is 0. The van der Waals surface area contributed by atoms with Gasteiger partial charge >= 0.3 is 12.0 Å². The molecule has 104 valence electrons. The molecule has 0 spiro atoms.